The zero-order valence-electron chi connectivity index (χ0n) is 48.2. The Labute approximate surface area is 513 Å². The van der Waals surface area contributed by atoms with Crippen molar-refractivity contribution in [3.8, 4) is 22.7 Å². The highest BCUT2D eigenvalue weighted by Crippen LogP contribution is 2.51. The van der Waals surface area contributed by atoms with Crippen molar-refractivity contribution in [2.45, 2.75) is 13.8 Å². The lowest BCUT2D eigenvalue weighted by Crippen LogP contribution is -1.97. The molecule has 0 atom stereocenters. The maximum absolute atomic E-state index is 2.54. The van der Waals surface area contributed by atoms with E-state index in [0.29, 0.717) is 0 Å². The van der Waals surface area contributed by atoms with Crippen LogP contribution in [0.4, 0.5) is 0 Å². The molecular weight excluding hydrogens is 1110 g/mol. The van der Waals surface area contributed by atoms with Gasteiger partial charge in [0.1, 0.15) is 0 Å². The fourth-order valence-corrected chi connectivity index (χ4v) is 17.3. The van der Waals surface area contributed by atoms with Gasteiger partial charge in [0.15, 0.2) is 0 Å². The summed E-state index contributed by atoms with van der Waals surface area (Å²) >= 11 is 3.76. The van der Waals surface area contributed by atoms with Crippen LogP contribution < -0.4 is 0 Å². The zero-order valence-corrected chi connectivity index (χ0v) is 49.8. The summed E-state index contributed by atoms with van der Waals surface area (Å²) in [6.07, 6.45) is 0. The van der Waals surface area contributed by atoms with Crippen LogP contribution in [0.15, 0.2) is 279 Å². The fraction of sp³-hybridized carbons (Fsp3) is 0.0244. The first kappa shape index (κ1) is 49.5. The minimum atomic E-state index is 1.19. The van der Waals surface area contributed by atoms with Crippen molar-refractivity contribution in [2.75, 3.05) is 0 Å². The van der Waals surface area contributed by atoms with E-state index < -0.39 is 0 Å². The van der Waals surface area contributed by atoms with Gasteiger partial charge in [0, 0.05) is 117 Å². The molecule has 0 aliphatic heterocycles. The molecule has 0 N–H and O–H groups in total. The lowest BCUT2D eigenvalue weighted by molar-refractivity contribution is 1.18. The predicted octanol–water partition coefficient (Wildman–Crippen LogP) is 23.4. The first-order chi connectivity index (χ1) is 43.5. The summed E-state index contributed by atoms with van der Waals surface area (Å²) in [5.41, 5.74) is 17.3. The Morgan fingerprint density at radius 3 is 1.00 bits per heavy atom. The second-order valence-corrected chi connectivity index (χ2v) is 25.7. The minimum absolute atomic E-state index is 1.19. The van der Waals surface area contributed by atoms with Gasteiger partial charge in [0.25, 0.3) is 0 Å². The summed E-state index contributed by atoms with van der Waals surface area (Å²) in [7, 11) is 0. The van der Waals surface area contributed by atoms with E-state index in [-0.39, 0.29) is 0 Å². The van der Waals surface area contributed by atoms with Crippen molar-refractivity contribution in [1.29, 1.82) is 0 Å². The van der Waals surface area contributed by atoms with Gasteiger partial charge in [-0.1, -0.05) is 205 Å². The number of nitrogens with zero attached hydrogens (tertiary/aromatic N) is 4. The Kier molecular flexibility index (Phi) is 10.6. The van der Waals surface area contributed by atoms with Crippen molar-refractivity contribution in [1.82, 2.24) is 18.3 Å². The van der Waals surface area contributed by atoms with Crippen LogP contribution in [0.1, 0.15) is 11.1 Å². The van der Waals surface area contributed by atoms with Crippen molar-refractivity contribution >= 4 is 172 Å². The van der Waals surface area contributed by atoms with E-state index >= 15 is 0 Å². The van der Waals surface area contributed by atoms with Crippen LogP contribution in [0.5, 0.6) is 0 Å². The molecule has 20 rings (SSSR count). The number of fused-ring (bicyclic) bond motifs is 26. The molecule has 0 amide bonds. The summed E-state index contributed by atoms with van der Waals surface area (Å²) in [6.45, 7) is 4.31. The Morgan fingerprint density at radius 1 is 0.227 bits per heavy atom. The fourth-order valence-electron chi connectivity index (χ4n) is 15.0. The molecule has 14 aromatic carbocycles. The molecule has 6 heterocycles. The first-order valence-electron chi connectivity index (χ1n) is 30.2. The molecule has 0 fully saturated rings. The van der Waals surface area contributed by atoms with Crippen LogP contribution in [-0.4, -0.2) is 18.3 Å². The number of hydrogen-bond acceptors (Lipinski definition) is 2. The molecule has 4 nitrogen and oxygen atoms in total. The predicted molar refractivity (Wildman–Crippen MR) is 381 cm³/mol. The third-order valence-corrected chi connectivity index (χ3v) is 21.1. The van der Waals surface area contributed by atoms with Crippen LogP contribution in [0.2, 0.25) is 0 Å². The van der Waals surface area contributed by atoms with E-state index in [1.54, 1.807) is 0 Å². The van der Waals surface area contributed by atoms with Crippen LogP contribution in [0, 0.1) is 13.8 Å². The van der Waals surface area contributed by atoms with Crippen molar-refractivity contribution in [3.05, 3.63) is 290 Å². The molecule has 0 saturated carbocycles. The third kappa shape index (κ3) is 6.95. The van der Waals surface area contributed by atoms with E-state index in [2.05, 4.69) is 311 Å². The zero-order chi connectivity index (χ0) is 57.9. The lowest BCUT2D eigenvalue weighted by atomic mass is 9.99. The lowest BCUT2D eigenvalue weighted by Gasteiger charge is -2.14. The maximum atomic E-state index is 2.54. The van der Waals surface area contributed by atoms with E-state index in [1.807, 2.05) is 22.7 Å². The Balaban J connectivity index is 0.000000128. The smallest absolute Gasteiger partial charge is 0.0641 e. The standard InChI is InChI=1S/2C41H26N2S/c1-25-21-23-26(24-22-25)42-33-17-7-4-14-31(33)37-38-32-15-5-8-18-34(32)43(40(38)29-13-3-2-12-28(29)39(37)42)35-19-10-16-30-27-11-6-9-20-36(27)44-41(30)35;1-25-18-20-26(21-19-25)42-34-15-7-4-13-31(34)38-39-32-14-5-8-16-35(32)43(41(39)30-12-3-2-11-29(30)40(38)42)27-22-23-37-33(24-27)28-10-6-9-17-36(28)44-37/h2*2-24H,1H3. The molecule has 0 unspecified atom stereocenters. The van der Waals surface area contributed by atoms with Gasteiger partial charge in [-0.3, -0.25) is 0 Å². The molecule has 0 aliphatic carbocycles. The van der Waals surface area contributed by atoms with Crippen molar-refractivity contribution < 1.29 is 0 Å². The van der Waals surface area contributed by atoms with Crippen LogP contribution in [0.25, 0.3) is 172 Å². The molecule has 0 radical (unpaired) electrons. The Bertz CT molecular complexity index is 6310. The maximum Gasteiger partial charge on any atom is 0.0641 e. The van der Waals surface area contributed by atoms with Gasteiger partial charge in [-0.25, -0.2) is 0 Å². The average molecular weight is 1160 g/mol. The number of para-hydroxylation sites is 4. The van der Waals surface area contributed by atoms with Crippen LogP contribution in [0.3, 0.4) is 0 Å². The summed E-state index contributed by atoms with van der Waals surface area (Å²) < 4.78 is 15.3. The van der Waals surface area contributed by atoms with Gasteiger partial charge in [-0.15, -0.1) is 22.7 Å². The summed E-state index contributed by atoms with van der Waals surface area (Å²) in [5, 5.41) is 20.7. The average Bonchev–Trinajstić information content (AvgIpc) is 1.56. The van der Waals surface area contributed by atoms with Gasteiger partial charge >= 0.3 is 0 Å². The summed E-state index contributed by atoms with van der Waals surface area (Å²) in [4.78, 5) is 0. The number of thiophene rings is 2. The highest BCUT2D eigenvalue weighted by Gasteiger charge is 2.27. The Hall–Kier alpha value is -10.8. The quantitative estimate of drug-likeness (QED) is 0.167. The largest absolute Gasteiger partial charge is 0.309 e. The Morgan fingerprint density at radius 2 is 0.545 bits per heavy atom. The number of aryl methyl sites for hydroxylation is 2. The topological polar surface area (TPSA) is 19.7 Å². The monoisotopic (exact) mass is 1160 g/mol. The molecule has 20 aromatic rings. The second kappa shape index (κ2) is 18.9. The summed E-state index contributed by atoms with van der Waals surface area (Å²) in [5.74, 6) is 0. The molecule has 0 bridgehead atoms. The number of benzene rings is 14. The highest BCUT2D eigenvalue weighted by molar-refractivity contribution is 7.26. The molecule has 6 aromatic heterocycles. The molecule has 0 aliphatic rings. The van der Waals surface area contributed by atoms with E-state index in [9.17, 15) is 0 Å². The van der Waals surface area contributed by atoms with E-state index in [1.165, 1.54) is 183 Å². The van der Waals surface area contributed by atoms with Gasteiger partial charge in [-0.2, -0.15) is 0 Å². The molecule has 88 heavy (non-hydrogen) atoms. The van der Waals surface area contributed by atoms with Gasteiger partial charge in [0.2, 0.25) is 0 Å². The SMILES string of the molecule is Cc1ccc(-n2c3ccccc3c3c4c5ccccc5n(-c5ccc6sc7ccccc7c6c5)c4c4ccccc4c32)cc1.Cc1ccc(-n2c3ccccc3c3c4c5ccccc5n(-c5cccc6c5sc5ccccc56)c4c4ccccc4c32)cc1. The molecular formula is C82H52N4S2. The second-order valence-electron chi connectivity index (χ2n) is 23.6. The van der Waals surface area contributed by atoms with Crippen LogP contribution in [-0.2, 0) is 0 Å². The number of aromatic nitrogens is 4. The molecule has 412 valence electrons. The minimum Gasteiger partial charge on any atom is -0.309 e. The van der Waals surface area contributed by atoms with Gasteiger partial charge < -0.3 is 18.3 Å². The first-order valence-corrected chi connectivity index (χ1v) is 31.9. The van der Waals surface area contributed by atoms with E-state index in [0.717, 1.165) is 0 Å². The summed E-state index contributed by atoms with van der Waals surface area (Å²) in [6, 6.07) is 103. The number of hydrogen-bond donors (Lipinski definition) is 0. The number of rotatable bonds is 4. The van der Waals surface area contributed by atoms with Gasteiger partial charge in [-0.05, 0) is 98.8 Å². The molecule has 0 spiro atoms. The van der Waals surface area contributed by atoms with E-state index in [4.69, 9.17) is 0 Å². The normalized spacial score (nSPS) is 12.2. The molecule has 6 heteroatoms. The van der Waals surface area contributed by atoms with Gasteiger partial charge in [0.05, 0.1) is 54.5 Å². The third-order valence-electron chi connectivity index (χ3n) is 18.7. The highest BCUT2D eigenvalue weighted by atomic mass is 32.1. The molecule has 0 saturated heterocycles. The van der Waals surface area contributed by atoms with Crippen LogP contribution >= 0.6 is 22.7 Å². The van der Waals surface area contributed by atoms with Crippen molar-refractivity contribution in [2.24, 2.45) is 0 Å². The van der Waals surface area contributed by atoms with Crippen molar-refractivity contribution in [3.63, 3.8) is 0 Å².